The van der Waals surface area contributed by atoms with E-state index in [4.69, 9.17) is 18.9 Å². The number of rotatable bonds is 7. The van der Waals surface area contributed by atoms with E-state index in [1.165, 1.54) is 5.57 Å². The van der Waals surface area contributed by atoms with Gasteiger partial charge in [0.15, 0.2) is 12.6 Å². The first-order valence-corrected chi connectivity index (χ1v) is 20.8. The van der Waals surface area contributed by atoms with Crippen LogP contribution in [0.25, 0.3) is 0 Å². The molecule has 2 heterocycles. The zero-order valence-corrected chi connectivity index (χ0v) is 33.8. The van der Waals surface area contributed by atoms with Crippen LogP contribution < -0.4 is 0 Å². The van der Waals surface area contributed by atoms with Gasteiger partial charge in [-0.15, -0.1) is 0 Å². The Morgan fingerprint density at radius 1 is 0.727 bits per heavy atom. The van der Waals surface area contributed by atoms with E-state index in [-0.39, 0.29) is 45.0 Å². The summed E-state index contributed by atoms with van der Waals surface area (Å²) >= 11 is 0. The highest BCUT2D eigenvalue weighted by molar-refractivity contribution is 5.76. The van der Waals surface area contributed by atoms with Crippen molar-refractivity contribution in [2.45, 2.75) is 180 Å². The molecule has 0 radical (unpaired) electrons. The maximum atomic E-state index is 13.0. The summed E-state index contributed by atoms with van der Waals surface area (Å²) in [5.74, 6) is 0.0564. The third-order valence-corrected chi connectivity index (χ3v) is 17.3. The highest BCUT2D eigenvalue weighted by atomic mass is 16.7. The van der Waals surface area contributed by atoms with Crippen LogP contribution >= 0.6 is 0 Å². The lowest BCUT2D eigenvalue weighted by Crippen LogP contribution is -2.67. The molecule has 0 bridgehead atoms. The minimum Gasteiger partial charge on any atom is -0.481 e. The Hall–Kier alpha value is -1.23. The van der Waals surface area contributed by atoms with Crippen molar-refractivity contribution in [2.75, 3.05) is 13.2 Å². The van der Waals surface area contributed by atoms with Gasteiger partial charge in [-0.3, -0.25) is 4.79 Å². The first-order valence-electron chi connectivity index (χ1n) is 20.8. The SMILES string of the molecule is CC1(C)CC[C@]2(C(=O)O)CC[C@]3(C)C(=CC[C@@H]4[C@@]5(C)CC[C@H](O[C@@H]6O[C@H](CO)[C@@H](O)[C@H](O[C@@H]7O[C@H](CO)[C@H](O)[C@H](O)[C@H]7O)[C@H]6O)C(C)(C)[C@@H]5CC[C@]43C)[C@@H]2C1. The number of ether oxygens (including phenoxy) is 4. The molecule has 0 unspecified atom stereocenters. The predicted molar refractivity (Wildman–Crippen MR) is 198 cm³/mol. The third-order valence-electron chi connectivity index (χ3n) is 17.3. The molecule has 2 aliphatic heterocycles. The lowest BCUT2D eigenvalue weighted by Gasteiger charge is -2.71. The summed E-state index contributed by atoms with van der Waals surface area (Å²) in [6.45, 7) is 15.1. The molecule has 0 amide bonds. The van der Waals surface area contributed by atoms with E-state index in [9.17, 15) is 45.6 Å². The van der Waals surface area contributed by atoms with Gasteiger partial charge in [0.25, 0.3) is 0 Å². The molecule has 0 spiro atoms. The molecule has 0 aromatic carbocycles. The number of aliphatic hydroxyl groups is 7. The highest BCUT2D eigenvalue weighted by Crippen LogP contribution is 2.76. The van der Waals surface area contributed by atoms with Crippen molar-refractivity contribution in [2.24, 2.45) is 50.2 Å². The zero-order valence-electron chi connectivity index (χ0n) is 33.8. The number of carboxylic acids is 1. The molecule has 5 aliphatic carbocycles. The van der Waals surface area contributed by atoms with Gasteiger partial charge in [-0.2, -0.15) is 0 Å². The average molecular weight is 781 g/mol. The molecule has 314 valence electrons. The van der Waals surface area contributed by atoms with Gasteiger partial charge < -0.3 is 59.8 Å². The first kappa shape index (κ1) is 41.9. The quantitative estimate of drug-likeness (QED) is 0.138. The summed E-state index contributed by atoms with van der Waals surface area (Å²) in [5, 5.41) is 84.4. The predicted octanol–water partition coefficient (Wildman–Crippen LogP) is 2.88. The maximum absolute atomic E-state index is 13.0. The van der Waals surface area contributed by atoms with Crippen molar-refractivity contribution >= 4 is 5.97 Å². The first-order chi connectivity index (χ1) is 25.6. The van der Waals surface area contributed by atoms with Gasteiger partial charge in [0.1, 0.15) is 48.8 Å². The number of carboxylic acid groups (broad SMARTS) is 1. The largest absolute Gasteiger partial charge is 0.481 e. The summed E-state index contributed by atoms with van der Waals surface area (Å²) in [4.78, 5) is 13.0. The van der Waals surface area contributed by atoms with Crippen LogP contribution in [0, 0.1) is 50.2 Å². The van der Waals surface area contributed by atoms with Crippen LogP contribution in [0.4, 0.5) is 0 Å². The number of aliphatic hydroxyl groups excluding tert-OH is 7. The molecule has 0 aromatic rings. The fourth-order valence-electron chi connectivity index (χ4n) is 13.7. The normalized spacial score (nSPS) is 53.2. The third kappa shape index (κ3) is 6.23. The summed E-state index contributed by atoms with van der Waals surface area (Å²) in [6.07, 6.45) is -4.35. The average Bonchev–Trinajstić information content (AvgIpc) is 3.12. The molecule has 13 heteroatoms. The van der Waals surface area contributed by atoms with Crippen LogP contribution in [0.1, 0.15) is 113 Å². The van der Waals surface area contributed by atoms with Crippen LogP contribution in [0.5, 0.6) is 0 Å². The number of carbonyl (C=O) groups is 1. The number of fused-ring (bicyclic) bond motifs is 7. The Bertz CT molecular complexity index is 1480. The maximum Gasteiger partial charge on any atom is 0.310 e. The van der Waals surface area contributed by atoms with Crippen LogP contribution in [0.2, 0.25) is 0 Å². The molecule has 4 saturated carbocycles. The number of allylic oxidation sites excluding steroid dienone is 2. The van der Waals surface area contributed by atoms with E-state index in [1.54, 1.807) is 0 Å². The van der Waals surface area contributed by atoms with Gasteiger partial charge in [0.05, 0.1) is 24.7 Å². The monoisotopic (exact) mass is 780 g/mol. The minimum atomic E-state index is -1.75. The van der Waals surface area contributed by atoms with Crippen molar-refractivity contribution in [3.05, 3.63) is 11.6 Å². The molecule has 2 saturated heterocycles. The smallest absolute Gasteiger partial charge is 0.310 e. The molecule has 7 aliphatic rings. The molecular weight excluding hydrogens is 712 g/mol. The van der Waals surface area contributed by atoms with Gasteiger partial charge in [-0.05, 0) is 109 Å². The molecule has 18 atom stereocenters. The van der Waals surface area contributed by atoms with Crippen LogP contribution in [-0.2, 0) is 23.7 Å². The molecule has 55 heavy (non-hydrogen) atoms. The van der Waals surface area contributed by atoms with Gasteiger partial charge in [0, 0.05) is 0 Å². The number of aliphatic carboxylic acids is 1. The van der Waals surface area contributed by atoms with E-state index in [2.05, 4.69) is 54.5 Å². The Labute approximate surface area is 325 Å². The van der Waals surface area contributed by atoms with Crippen molar-refractivity contribution in [1.29, 1.82) is 0 Å². The lowest BCUT2D eigenvalue weighted by atomic mass is 9.33. The van der Waals surface area contributed by atoms with Crippen molar-refractivity contribution in [3.8, 4) is 0 Å². The van der Waals surface area contributed by atoms with Gasteiger partial charge in [-0.25, -0.2) is 0 Å². The molecule has 0 aromatic heterocycles. The Balaban J connectivity index is 1.12. The topological polar surface area (TPSA) is 216 Å². The summed E-state index contributed by atoms with van der Waals surface area (Å²) in [5.41, 5.74) is 0.283. The van der Waals surface area contributed by atoms with Gasteiger partial charge >= 0.3 is 5.97 Å². The van der Waals surface area contributed by atoms with E-state index in [0.29, 0.717) is 12.3 Å². The summed E-state index contributed by atoms with van der Waals surface area (Å²) in [6, 6.07) is 0. The van der Waals surface area contributed by atoms with Crippen molar-refractivity contribution < 1.29 is 64.6 Å². The zero-order chi connectivity index (χ0) is 40.3. The summed E-state index contributed by atoms with van der Waals surface area (Å²) in [7, 11) is 0. The molecule has 6 fully saturated rings. The lowest BCUT2D eigenvalue weighted by molar-refractivity contribution is -0.369. The molecule has 8 N–H and O–H groups in total. The second kappa shape index (κ2) is 14.2. The summed E-state index contributed by atoms with van der Waals surface area (Å²) < 4.78 is 24.0. The van der Waals surface area contributed by atoms with Gasteiger partial charge in [-0.1, -0.05) is 60.1 Å². The van der Waals surface area contributed by atoms with Crippen molar-refractivity contribution in [3.63, 3.8) is 0 Å². The Morgan fingerprint density at radius 3 is 1.98 bits per heavy atom. The highest BCUT2D eigenvalue weighted by Gasteiger charge is 2.69. The van der Waals surface area contributed by atoms with E-state index in [1.807, 2.05) is 0 Å². The van der Waals surface area contributed by atoms with Gasteiger partial charge in [0.2, 0.25) is 0 Å². The molecule has 13 nitrogen and oxygen atoms in total. The van der Waals surface area contributed by atoms with Crippen LogP contribution in [0.3, 0.4) is 0 Å². The molecular formula is C42H68O13. The van der Waals surface area contributed by atoms with Crippen LogP contribution in [-0.4, -0.2) is 128 Å². The fraction of sp³-hybridized carbons (Fsp3) is 0.929. The standard InChI is InChI=1S/C42H68O13/c1-37(2)14-16-42(36(50)51)17-15-40(6)21(22(42)18-37)8-9-26-39(5)12-11-27(38(3,4)25(39)10-13-41(26,40)7)54-35-32(49)33(29(46)24(20-44)53-35)55-34-31(48)30(47)28(45)23(19-43)52-34/h8,22-35,43-49H,9-20H2,1-7H3,(H,50,51)/t22-,23+,24+,25-,26+,27-,28-,29+,30-,31+,32+,33-,34-,35-,39-,40+,41+,42-/m0/s1. The second-order valence-electron chi connectivity index (χ2n) is 20.7. The molecule has 7 rings (SSSR count). The minimum absolute atomic E-state index is 0.0134. The number of hydrogen-bond donors (Lipinski definition) is 8. The Kier molecular flexibility index (Phi) is 10.8. The van der Waals surface area contributed by atoms with E-state index < -0.39 is 86.0 Å². The van der Waals surface area contributed by atoms with Crippen molar-refractivity contribution in [1.82, 2.24) is 0 Å². The fourth-order valence-corrected chi connectivity index (χ4v) is 13.7. The van der Waals surface area contributed by atoms with E-state index in [0.717, 1.165) is 57.8 Å². The van der Waals surface area contributed by atoms with Crippen LogP contribution in [0.15, 0.2) is 11.6 Å². The Morgan fingerprint density at radius 2 is 1.35 bits per heavy atom. The van der Waals surface area contributed by atoms with E-state index >= 15 is 0 Å². The number of hydrogen-bond acceptors (Lipinski definition) is 12. The second-order valence-corrected chi connectivity index (χ2v) is 20.7.